The number of sulfonamides is 1. The van der Waals surface area contributed by atoms with Crippen molar-refractivity contribution in [3.63, 3.8) is 0 Å². The summed E-state index contributed by atoms with van der Waals surface area (Å²) in [6, 6.07) is 4.24. The van der Waals surface area contributed by atoms with Gasteiger partial charge in [-0.05, 0) is 38.8 Å². The second-order valence-corrected chi connectivity index (χ2v) is 7.75. The van der Waals surface area contributed by atoms with Crippen LogP contribution in [0.5, 0.6) is 0 Å². The van der Waals surface area contributed by atoms with Gasteiger partial charge in [0.1, 0.15) is 4.90 Å². The normalized spacial score (nSPS) is 12.1. The van der Waals surface area contributed by atoms with E-state index in [4.69, 9.17) is 28.3 Å². The van der Waals surface area contributed by atoms with E-state index < -0.39 is 16.0 Å². The van der Waals surface area contributed by atoms with Gasteiger partial charge in [0.15, 0.2) is 0 Å². The van der Waals surface area contributed by atoms with Crippen LogP contribution in [0.15, 0.2) is 23.1 Å². The van der Waals surface area contributed by atoms with Crippen LogP contribution in [0.3, 0.4) is 0 Å². The maximum absolute atomic E-state index is 12.8. The maximum Gasteiger partial charge on any atom is 0.303 e. The van der Waals surface area contributed by atoms with Gasteiger partial charge in [-0.1, -0.05) is 29.3 Å². The van der Waals surface area contributed by atoms with Crippen molar-refractivity contribution in [1.29, 1.82) is 0 Å². The molecule has 0 unspecified atom stereocenters. The topological polar surface area (TPSA) is 74.7 Å². The van der Waals surface area contributed by atoms with E-state index in [1.54, 1.807) is 19.9 Å². The summed E-state index contributed by atoms with van der Waals surface area (Å²) < 4.78 is 26.9. The van der Waals surface area contributed by atoms with Crippen molar-refractivity contribution in [3.05, 3.63) is 28.2 Å². The minimum absolute atomic E-state index is 0.0127. The molecular weight excluding hydrogens is 349 g/mol. The van der Waals surface area contributed by atoms with Gasteiger partial charge in [0.05, 0.1) is 10.0 Å². The van der Waals surface area contributed by atoms with Crippen LogP contribution >= 0.6 is 23.2 Å². The molecule has 0 fully saturated rings. The summed E-state index contributed by atoms with van der Waals surface area (Å²) in [5.41, 5.74) is 0. The summed E-state index contributed by atoms with van der Waals surface area (Å²) in [6.45, 7) is 3.72. The molecule has 8 heteroatoms. The number of rotatable bonds is 8. The van der Waals surface area contributed by atoms with Crippen LogP contribution in [-0.4, -0.2) is 36.4 Å². The van der Waals surface area contributed by atoms with Crippen LogP contribution in [0, 0.1) is 0 Å². The third-order valence-electron chi connectivity index (χ3n) is 3.08. The van der Waals surface area contributed by atoms with Crippen LogP contribution in [-0.2, 0) is 14.8 Å². The lowest BCUT2D eigenvalue weighted by Gasteiger charge is -2.26. The Kier molecular flexibility index (Phi) is 7.12. The Bertz CT molecular complexity index is 611. The number of unbranched alkanes of at least 4 members (excludes halogenated alkanes) is 1. The second kappa shape index (κ2) is 8.15. The van der Waals surface area contributed by atoms with Crippen LogP contribution < -0.4 is 0 Å². The Morgan fingerprint density at radius 2 is 1.77 bits per heavy atom. The Balaban J connectivity index is 3.01. The zero-order valence-corrected chi connectivity index (χ0v) is 14.7. The molecule has 0 aliphatic rings. The predicted octanol–water partition coefficient (Wildman–Crippen LogP) is 3.65. The van der Waals surface area contributed by atoms with E-state index in [1.165, 1.54) is 16.4 Å². The molecule has 0 radical (unpaired) electrons. The van der Waals surface area contributed by atoms with Crippen LogP contribution in [0.2, 0.25) is 10.0 Å². The number of aliphatic carboxylic acids is 1. The number of hydrogen-bond donors (Lipinski definition) is 1. The number of hydrogen-bond acceptors (Lipinski definition) is 3. The summed E-state index contributed by atoms with van der Waals surface area (Å²) in [5, 5.41) is 8.78. The molecule has 0 aromatic heterocycles. The minimum Gasteiger partial charge on any atom is -0.481 e. The van der Waals surface area contributed by atoms with Gasteiger partial charge in [-0.25, -0.2) is 8.42 Å². The van der Waals surface area contributed by atoms with Gasteiger partial charge in [-0.3, -0.25) is 4.79 Å². The van der Waals surface area contributed by atoms with Crippen LogP contribution in [0.1, 0.15) is 33.1 Å². The number of benzene rings is 1. The lowest BCUT2D eigenvalue weighted by atomic mass is 10.2. The van der Waals surface area contributed by atoms with Gasteiger partial charge >= 0.3 is 5.97 Å². The van der Waals surface area contributed by atoms with Gasteiger partial charge in [-0.2, -0.15) is 4.31 Å². The summed E-state index contributed by atoms with van der Waals surface area (Å²) in [5.74, 6) is -0.895. The first kappa shape index (κ1) is 19.2. The Morgan fingerprint density at radius 1 is 1.23 bits per heavy atom. The molecule has 0 atom stereocenters. The maximum atomic E-state index is 12.8. The van der Waals surface area contributed by atoms with Gasteiger partial charge in [0.25, 0.3) is 0 Å². The molecule has 0 aliphatic carbocycles. The van der Waals surface area contributed by atoms with Gasteiger partial charge in [0.2, 0.25) is 10.0 Å². The number of carboxylic acid groups (broad SMARTS) is 1. The van der Waals surface area contributed by atoms with Gasteiger partial charge in [0, 0.05) is 19.0 Å². The fourth-order valence-electron chi connectivity index (χ4n) is 2.05. The molecule has 1 rings (SSSR count). The van der Waals surface area contributed by atoms with Crippen molar-refractivity contribution in [2.24, 2.45) is 0 Å². The van der Waals surface area contributed by atoms with Crippen molar-refractivity contribution >= 4 is 39.2 Å². The zero-order valence-electron chi connectivity index (χ0n) is 12.4. The highest BCUT2D eigenvalue weighted by Gasteiger charge is 2.30. The number of carboxylic acids is 1. The van der Waals surface area contributed by atoms with Crippen LogP contribution in [0.4, 0.5) is 0 Å². The van der Waals surface area contributed by atoms with Crippen LogP contribution in [0.25, 0.3) is 0 Å². The zero-order chi connectivity index (χ0) is 16.9. The molecule has 5 nitrogen and oxygen atoms in total. The highest BCUT2D eigenvalue weighted by Crippen LogP contribution is 2.32. The van der Waals surface area contributed by atoms with Gasteiger partial charge in [-0.15, -0.1) is 0 Å². The van der Waals surface area contributed by atoms with E-state index in [0.717, 1.165) is 0 Å². The number of carbonyl (C=O) groups is 1. The number of nitrogens with zero attached hydrogens (tertiary/aromatic N) is 1. The van der Waals surface area contributed by atoms with E-state index in [-0.39, 0.29) is 33.9 Å². The van der Waals surface area contributed by atoms with Crippen molar-refractivity contribution < 1.29 is 18.3 Å². The molecule has 0 aliphatic heterocycles. The Hall–Kier alpha value is -0.820. The first-order chi connectivity index (χ1) is 10.2. The molecule has 1 aromatic rings. The van der Waals surface area contributed by atoms with Crippen molar-refractivity contribution in [2.45, 2.75) is 44.0 Å². The Labute approximate surface area is 140 Å². The first-order valence-electron chi connectivity index (χ1n) is 6.85. The first-order valence-corrected chi connectivity index (χ1v) is 9.05. The molecular formula is C14H19Cl2NO4S. The molecule has 0 amide bonds. The molecule has 0 saturated carbocycles. The second-order valence-electron chi connectivity index (χ2n) is 5.11. The molecule has 0 bridgehead atoms. The molecule has 22 heavy (non-hydrogen) atoms. The van der Waals surface area contributed by atoms with Crippen molar-refractivity contribution in [1.82, 2.24) is 4.31 Å². The van der Waals surface area contributed by atoms with Crippen molar-refractivity contribution in [2.75, 3.05) is 6.54 Å². The third kappa shape index (κ3) is 4.84. The quantitative estimate of drug-likeness (QED) is 0.711. The molecule has 1 N–H and O–H groups in total. The van der Waals surface area contributed by atoms with E-state index >= 15 is 0 Å². The Morgan fingerprint density at radius 3 is 2.23 bits per heavy atom. The third-order valence-corrected chi connectivity index (χ3v) is 6.11. The largest absolute Gasteiger partial charge is 0.481 e. The highest BCUT2D eigenvalue weighted by molar-refractivity contribution is 7.89. The monoisotopic (exact) mass is 367 g/mol. The molecule has 1 aromatic carbocycles. The predicted molar refractivity (Wildman–Crippen MR) is 87.0 cm³/mol. The fraction of sp³-hybridized carbons (Fsp3) is 0.500. The molecule has 0 saturated heterocycles. The summed E-state index contributed by atoms with van der Waals surface area (Å²) in [6.07, 6.45) is 0.870. The smallest absolute Gasteiger partial charge is 0.303 e. The van der Waals surface area contributed by atoms with E-state index in [2.05, 4.69) is 0 Å². The summed E-state index contributed by atoms with van der Waals surface area (Å²) >= 11 is 12.0. The number of halogens is 2. The highest BCUT2D eigenvalue weighted by atomic mass is 35.5. The van der Waals surface area contributed by atoms with E-state index in [0.29, 0.717) is 12.8 Å². The van der Waals surface area contributed by atoms with E-state index in [9.17, 15) is 13.2 Å². The standard InChI is InChI=1S/C14H19Cl2NO4S/c1-10(2)17(9-4-3-8-13(18)19)22(20,21)14-11(15)6-5-7-12(14)16/h5-7,10H,3-4,8-9H2,1-2H3,(H,18,19). The summed E-state index contributed by atoms with van der Waals surface area (Å²) in [4.78, 5) is 10.4. The molecule has 124 valence electrons. The average Bonchev–Trinajstić information content (AvgIpc) is 2.36. The lowest BCUT2D eigenvalue weighted by molar-refractivity contribution is -0.137. The lowest BCUT2D eigenvalue weighted by Crippen LogP contribution is -2.38. The minimum atomic E-state index is -3.84. The van der Waals surface area contributed by atoms with E-state index in [1.807, 2.05) is 0 Å². The van der Waals surface area contributed by atoms with Gasteiger partial charge < -0.3 is 5.11 Å². The summed E-state index contributed by atoms with van der Waals surface area (Å²) in [7, 11) is -3.84. The molecule has 0 heterocycles. The molecule has 0 spiro atoms. The van der Waals surface area contributed by atoms with Crippen molar-refractivity contribution in [3.8, 4) is 0 Å². The average molecular weight is 368 g/mol. The SMILES string of the molecule is CC(C)N(CCCCC(=O)O)S(=O)(=O)c1c(Cl)cccc1Cl. The fourth-order valence-corrected chi connectivity index (χ4v) is 4.82.